The lowest BCUT2D eigenvalue weighted by molar-refractivity contribution is -0.142. The highest BCUT2D eigenvalue weighted by atomic mass is 35.5. The molecule has 0 fully saturated rings. The molecule has 0 radical (unpaired) electrons. The number of hydrogen-bond donors (Lipinski definition) is 1. The molecule has 0 bridgehead atoms. The lowest BCUT2D eigenvalue weighted by Crippen LogP contribution is -2.20. The molecular formula is C24H19Cl2NO4. The van der Waals surface area contributed by atoms with Crippen molar-refractivity contribution in [3.63, 3.8) is 0 Å². The van der Waals surface area contributed by atoms with Crippen molar-refractivity contribution in [2.24, 2.45) is 0 Å². The van der Waals surface area contributed by atoms with Crippen LogP contribution in [0.25, 0.3) is 6.08 Å². The predicted octanol–water partition coefficient (Wildman–Crippen LogP) is 5.77. The number of anilines is 1. The molecule has 0 aliphatic rings. The molecule has 1 amide bonds. The largest absolute Gasteiger partial charge is 0.489 e. The summed E-state index contributed by atoms with van der Waals surface area (Å²) in [5.74, 6) is -0.372. The maximum absolute atomic E-state index is 11.8. The van der Waals surface area contributed by atoms with E-state index in [1.165, 1.54) is 6.08 Å². The van der Waals surface area contributed by atoms with Gasteiger partial charge in [-0.25, -0.2) is 4.79 Å². The average Bonchev–Trinajstić information content (AvgIpc) is 2.76. The van der Waals surface area contributed by atoms with Gasteiger partial charge in [-0.15, -0.1) is 0 Å². The van der Waals surface area contributed by atoms with Gasteiger partial charge in [-0.05, 0) is 59.7 Å². The highest BCUT2D eigenvalue weighted by Crippen LogP contribution is 2.17. The van der Waals surface area contributed by atoms with E-state index in [1.807, 2.05) is 36.4 Å². The molecule has 0 heterocycles. The van der Waals surface area contributed by atoms with Gasteiger partial charge in [0.2, 0.25) is 0 Å². The van der Waals surface area contributed by atoms with E-state index in [1.54, 1.807) is 42.5 Å². The Balaban J connectivity index is 1.42. The molecule has 0 aliphatic heterocycles. The summed E-state index contributed by atoms with van der Waals surface area (Å²) in [6.45, 7) is 0.0308. The average molecular weight is 456 g/mol. The predicted molar refractivity (Wildman–Crippen MR) is 122 cm³/mol. The van der Waals surface area contributed by atoms with Crippen molar-refractivity contribution in [2.45, 2.75) is 6.61 Å². The number of esters is 1. The summed E-state index contributed by atoms with van der Waals surface area (Å²) in [4.78, 5) is 23.7. The Morgan fingerprint density at radius 3 is 2.35 bits per heavy atom. The van der Waals surface area contributed by atoms with Gasteiger partial charge < -0.3 is 14.8 Å². The van der Waals surface area contributed by atoms with Crippen LogP contribution >= 0.6 is 23.2 Å². The van der Waals surface area contributed by atoms with Crippen molar-refractivity contribution in [1.82, 2.24) is 0 Å². The van der Waals surface area contributed by atoms with Crippen LogP contribution in [-0.2, 0) is 20.9 Å². The van der Waals surface area contributed by atoms with Gasteiger partial charge in [0.15, 0.2) is 6.61 Å². The molecule has 3 aromatic rings. The summed E-state index contributed by atoms with van der Waals surface area (Å²) in [6.07, 6.45) is 2.86. The van der Waals surface area contributed by atoms with Crippen LogP contribution in [0.4, 0.5) is 5.69 Å². The molecule has 158 valence electrons. The summed E-state index contributed by atoms with van der Waals surface area (Å²) in [7, 11) is 0. The Morgan fingerprint density at radius 2 is 1.65 bits per heavy atom. The first-order chi connectivity index (χ1) is 15.0. The lowest BCUT2D eigenvalue weighted by atomic mass is 10.2. The second kappa shape index (κ2) is 11.2. The first-order valence-corrected chi connectivity index (χ1v) is 10.1. The van der Waals surface area contributed by atoms with Gasteiger partial charge in [-0.3, -0.25) is 4.79 Å². The zero-order valence-corrected chi connectivity index (χ0v) is 17.9. The van der Waals surface area contributed by atoms with Gasteiger partial charge in [0, 0.05) is 21.8 Å². The van der Waals surface area contributed by atoms with E-state index in [0.717, 1.165) is 11.1 Å². The molecule has 0 aromatic heterocycles. The number of rotatable bonds is 8. The van der Waals surface area contributed by atoms with Gasteiger partial charge in [0.25, 0.3) is 5.91 Å². The van der Waals surface area contributed by atoms with Crippen LogP contribution in [0.3, 0.4) is 0 Å². The quantitative estimate of drug-likeness (QED) is 0.346. The van der Waals surface area contributed by atoms with Crippen LogP contribution in [0.15, 0.2) is 78.9 Å². The first kappa shape index (κ1) is 22.4. The third-order valence-corrected chi connectivity index (χ3v) is 4.55. The number of amides is 1. The van der Waals surface area contributed by atoms with Gasteiger partial charge in [-0.2, -0.15) is 0 Å². The van der Waals surface area contributed by atoms with Crippen LogP contribution in [-0.4, -0.2) is 18.5 Å². The van der Waals surface area contributed by atoms with Crippen molar-refractivity contribution < 1.29 is 19.1 Å². The second-order valence-electron chi connectivity index (χ2n) is 6.48. The molecule has 3 aromatic carbocycles. The molecule has 5 nitrogen and oxygen atoms in total. The second-order valence-corrected chi connectivity index (χ2v) is 7.36. The maximum Gasteiger partial charge on any atom is 0.331 e. The molecule has 0 unspecified atom stereocenters. The zero-order valence-electron chi connectivity index (χ0n) is 16.4. The third-order valence-electron chi connectivity index (χ3n) is 4.06. The molecule has 0 aliphatic carbocycles. The number of ether oxygens (including phenoxy) is 2. The number of carbonyl (C=O) groups is 2. The smallest absolute Gasteiger partial charge is 0.331 e. The molecule has 0 atom stereocenters. The van der Waals surface area contributed by atoms with Crippen LogP contribution in [0.1, 0.15) is 11.1 Å². The Morgan fingerprint density at radius 1 is 0.903 bits per heavy atom. The number of halogens is 2. The van der Waals surface area contributed by atoms with Crippen LogP contribution in [0.5, 0.6) is 5.75 Å². The van der Waals surface area contributed by atoms with Crippen molar-refractivity contribution in [1.29, 1.82) is 0 Å². The van der Waals surface area contributed by atoms with E-state index >= 15 is 0 Å². The lowest BCUT2D eigenvalue weighted by Gasteiger charge is -2.07. The zero-order chi connectivity index (χ0) is 22.1. The summed E-state index contributed by atoms with van der Waals surface area (Å²) < 4.78 is 10.7. The van der Waals surface area contributed by atoms with Gasteiger partial charge in [0.05, 0.1) is 0 Å². The number of benzene rings is 3. The van der Waals surface area contributed by atoms with Crippen LogP contribution in [0, 0.1) is 0 Å². The first-order valence-electron chi connectivity index (χ1n) is 9.35. The molecule has 0 saturated heterocycles. The molecule has 31 heavy (non-hydrogen) atoms. The maximum atomic E-state index is 11.8. The van der Waals surface area contributed by atoms with E-state index in [4.69, 9.17) is 32.7 Å². The minimum Gasteiger partial charge on any atom is -0.489 e. The van der Waals surface area contributed by atoms with E-state index in [9.17, 15) is 9.59 Å². The summed E-state index contributed by atoms with van der Waals surface area (Å²) in [6, 6.07) is 21.4. The normalized spacial score (nSPS) is 10.6. The monoisotopic (exact) mass is 455 g/mol. The minimum absolute atomic E-state index is 0.396. The summed E-state index contributed by atoms with van der Waals surface area (Å²) in [5, 5.41) is 3.78. The standard InChI is InChI=1S/C24H19Cl2NO4/c25-19-9-4-18(5-10-19)15-30-22-11-6-17(7-12-22)8-13-24(29)31-16-23(28)27-21-3-1-2-20(26)14-21/h1-14H,15-16H2,(H,27,28)/b13-8+. The van der Waals surface area contributed by atoms with Crippen molar-refractivity contribution in [3.05, 3.63) is 100 Å². The van der Waals surface area contributed by atoms with E-state index in [-0.39, 0.29) is 0 Å². The van der Waals surface area contributed by atoms with Crippen LogP contribution in [0.2, 0.25) is 10.0 Å². The Kier molecular flexibility index (Phi) is 8.10. The van der Waals surface area contributed by atoms with Crippen molar-refractivity contribution in [2.75, 3.05) is 11.9 Å². The Bertz CT molecular complexity index is 1060. The topological polar surface area (TPSA) is 64.6 Å². The molecule has 7 heteroatoms. The molecule has 1 N–H and O–H groups in total. The fraction of sp³-hybridized carbons (Fsp3) is 0.0833. The minimum atomic E-state index is -0.621. The SMILES string of the molecule is O=C(COC(=O)/C=C/c1ccc(OCc2ccc(Cl)cc2)cc1)Nc1cccc(Cl)c1. The van der Waals surface area contributed by atoms with Gasteiger partial charge >= 0.3 is 5.97 Å². The summed E-state index contributed by atoms with van der Waals surface area (Å²) >= 11 is 11.7. The molecule has 0 saturated carbocycles. The Hall–Kier alpha value is -3.28. The number of carbonyl (C=O) groups excluding carboxylic acids is 2. The van der Waals surface area contributed by atoms with Crippen molar-refractivity contribution >= 4 is 46.8 Å². The van der Waals surface area contributed by atoms with E-state index < -0.39 is 18.5 Å². The number of hydrogen-bond acceptors (Lipinski definition) is 4. The summed E-state index contributed by atoms with van der Waals surface area (Å²) in [5.41, 5.74) is 2.33. The molecule has 3 rings (SSSR count). The highest BCUT2D eigenvalue weighted by molar-refractivity contribution is 6.31. The third kappa shape index (κ3) is 7.81. The van der Waals surface area contributed by atoms with Gasteiger partial charge in [-0.1, -0.05) is 53.5 Å². The fourth-order valence-electron chi connectivity index (χ4n) is 2.53. The van der Waals surface area contributed by atoms with Crippen LogP contribution < -0.4 is 10.1 Å². The van der Waals surface area contributed by atoms with Gasteiger partial charge in [0.1, 0.15) is 12.4 Å². The molecule has 0 spiro atoms. The fourth-order valence-corrected chi connectivity index (χ4v) is 2.85. The number of nitrogens with one attached hydrogen (secondary N) is 1. The highest BCUT2D eigenvalue weighted by Gasteiger charge is 2.06. The van der Waals surface area contributed by atoms with E-state index in [0.29, 0.717) is 28.1 Å². The Labute approximate surface area is 190 Å². The molecular weight excluding hydrogens is 437 g/mol. The van der Waals surface area contributed by atoms with Crippen molar-refractivity contribution in [3.8, 4) is 5.75 Å². The van der Waals surface area contributed by atoms with E-state index in [2.05, 4.69) is 5.32 Å².